The number of amides is 1. The number of nitrogens with one attached hydrogen (secondary N) is 2. The van der Waals surface area contributed by atoms with Crippen molar-refractivity contribution in [2.75, 3.05) is 11.9 Å². The number of hydrogen-bond acceptors (Lipinski definition) is 3. The number of hydrogen-bond donors (Lipinski definition) is 2. The fraction of sp³-hybridized carbons (Fsp3) is 0.158. The van der Waals surface area contributed by atoms with E-state index in [1.165, 1.54) is 12.1 Å². The Labute approximate surface area is 143 Å². The lowest BCUT2D eigenvalue weighted by Gasteiger charge is -2.06. The molecule has 1 heterocycles. The Morgan fingerprint density at radius 2 is 1.88 bits per heavy atom. The minimum Gasteiger partial charge on any atom is -0.462 e. The van der Waals surface area contributed by atoms with Crippen molar-refractivity contribution in [3.63, 3.8) is 0 Å². The summed E-state index contributed by atoms with van der Waals surface area (Å²) in [5.74, 6) is -1.09. The number of anilines is 1. The molecular weight excluding hydrogens is 323 g/mol. The van der Waals surface area contributed by atoms with E-state index in [1.807, 2.05) is 0 Å². The van der Waals surface area contributed by atoms with Crippen molar-refractivity contribution in [1.29, 1.82) is 0 Å². The number of aromatic nitrogens is 1. The number of ether oxygens (including phenoxy) is 1. The lowest BCUT2D eigenvalue weighted by molar-refractivity contribution is 0.0526. The van der Waals surface area contributed by atoms with Gasteiger partial charge in [-0.2, -0.15) is 0 Å². The van der Waals surface area contributed by atoms with E-state index in [2.05, 4.69) is 10.3 Å². The fourth-order valence-electron chi connectivity index (χ4n) is 2.62. The SMILES string of the molecule is CCOC(=O)c1ccc(NC(=O)c2[nH]c3ccc(F)cc3c2C)cc1. The molecule has 25 heavy (non-hydrogen) atoms. The Kier molecular flexibility index (Phi) is 4.52. The van der Waals surface area contributed by atoms with Gasteiger partial charge in [-0.1, -0.05) is 0 Å². The van der Waals surface area contributed by atoms with E-state index in [-0.39, 0.29) is 11.7 Å². The third-order valence-electron chi connectivity index (χ3n) is 3.90. The molecule has 128 valence electrons. The van der Waals surface area contributed by atoms with Crippen molar-refractivity contribution in [2.45, 2.75) is 13.8 Å². The molecule has 6 heteroatoms. The van der Waals surface area contributed by atoms with Gasteiger partial charge in [0.1, 0.15) is 11.5 Å². The average Bonchev–Trinajstić information content (AvgIpc) is 2.92. The predicted octanol–water partition coefficient (Wildman–Crippen LogP) is 4.04. The largest absolute Gasteiger partial charge is 0.462 e. The number of aromatic amines is 1. The van der Waals surface area contributed by atoms with Gasteiger partial charge in [0.2, 0.25) is 0 Å². The van der Waals surface area contributed by atoms with Gasteiger partial charge in [0.05, 0.1) is 12.2 Å². The number of esters is 1. The smallest absolute Gasteiger partial charge is 0.338 e. The lowest BCUT2D eigenvalue weighted by Crippen LogP contribution is -2.13. The lowest BCUT2D eigenvalue weighted by atomic mass is 10.1. The van der Waals surface area contributed by atoms with Gasteiger partial charge in [-0.15, -0.1) is 0 Å². The van der Waals surface area contributed by atoms with E-state index in [0.717, 1.165) is 0 Å². The number of benzene rings is 2. The first-order valence-corrected chi connectivity index (χ1v) is 7.86. The molecule has 0 radical (unpaired) electrons. The van der Waals surface area contributed by atoms with Gasteiger partial charge in [-0.25, -0.2) is 9.18 Å². The highest BCUT2D eigenvalue weighted by molar-refractivity contribution is 6.08. The van der Waals surface area contributed by atoms with Crippen LogP contribution in [0.4, 0.5) is 10.1 Å². The second-order valence-corrected chi connectivity index (χ2v) is 5.57. The molecule has 3 rings (SSSR count). The van der Waals surface area contributed by atoms with E-state index in [0.29, 0.717) is 40.0 Å². The van der Waals surface area contributed by atoms with E-state index < -0.39 is 5.97 Å². The molecule has 0 aliphatic rings. The summed E-state index contributed by atoms with van der Waals surface area (Å²) < 4.78 is 18.3. The second kappa shape index (κ2) is 6.76. The molecule has 0 saturated carbocycles. The monoisotopic (exact) mass is 340 g/mol. The minimum atomic E-state index is -0.408. The van der Waals surface area contributed by atoms with Gasteiger partial charge < -0.3 is 15.0 Å². The van der Waals surface area contributed by atoms with Crippen LogP contribution in [0.25, 0.3) is 10.9 Å². The number of H-pyrrole nitrogens is 1. The number of aryl methyl sites for hydroxylation is 1. The van der Waals surface area contributed by atoms with Crippen LogP contribution in [0.1, 0.15) is 33.3 Å². The highest BCUT2D eigenvalue weighted by atomic mass is 19.1. The molecule has 0 fully saturated rings. The summed E-state index contributed by atoms with van der Waals surface area (Å²) in [6.07, 6.45) is 0. The predicted molar refractivity (Wildman–Crippen MR) is 93.3 cm³/mol. The van der Waals surface area contributed by atoms with Crippen LogP contribution in [-0.4, -0.2) is 23.5 Å². The van der Waals surface area contributed by atoms with Crippen LogP contribution >= 0.6 is 0 Å². The number of rotatable bonds is 4. The van der Waals surface area contributed by atoms with Gasteiger partial charge in [-0.05, 0) is 61.9 Å². The fourth-order valence-corrected chi connectivity index (χ4v) is 2.62. The minimum absolute atomic E-state index is 0.303. The summed E-state index contributed by atoms with van der Waals surface area (Å²) in [4.78, 5) is 27.1. The van der Waals surface area contributed by atoms with Crippen molar-refractivity contribution in [1.82, 2.24) is 4.98 Å². The molecule has 5 nitrogen and oxygen atoms in total. The molecule has 0 spiro atoms. The first-order valence-electron chi connectivity index (χ1n) is 7.86. The Balaban J connectivity index is 1.80. The Morgan fingerprint density at radius 1 is 1.16 bits per heavy atom. The molecule has 1 amide bonds. The Morgan fingerprint density at radius 3 is 2.56 bits per heavy atom. The summed E-state index contributed by atoms with van der Waals surface area (Å²) in [6, 6.07) is 10.8. The highest BCUT2D eigenvalue weighted by Crippen LogP contribution is 2.23. The van der Waals surface area contributed by atoms with Gasteiger partial charge in [-0.3, -0.25) is 4.79 Å². The number of carbonyl (C=O) groups is 2. The molecule has 0 bridgehead atoms. The third-order valence-corrected chi connectivity index (χ3v) is 3.90. The molecule has 0 aliphatic carbocycles. The van der Waals surface area contributed by atoms with E-state index in [4.69, 9.17) is 4.74 Å². The Bertz CT molecular complexity index is 945. The maximum Gasteiger partial charge on any atom is 0.338 e. The molecule has 2 aromatic carbocycles. The first kappa shape index (κ1) is 16.7. The van der Waals surface area contributed by atoms with E-state index >= 15 is 0 Å². The van der Waals surface area contributed by atoms with Gasteiger partial charge in [0.25, 0.3) is 5.91 Å². The van der Waals surface area contributed by atoms with Gasteiger partial charge in [0.15, 0.2) is 0 Å². The van der Waals surface area contributed by atoms with Crippen molar-refractivity contribution < 1.29 is 18.7 Å². The summed E-state index contributed by atoms with van der Waals surface area (Å²) in [6.45, 7) is 3.80. The van der Waals surface area contributed by atoms with Crippen LogP contribution in [0, 0.1) is 12.7 Å². The molecule has 0 atom stereocenters. The molecule has 0 unspecified atom stereocenters. The second-order valence-electron chi connectivity index (χ2n) is 5.57. The topological polar surface area (TPSA) is 71.2 Å². The summed E-state index contributed by atoms with van der Waals surface area (Å²) in [7, 11) is 0. The molecule has 0 aliphatic heterocycles. The van der Waals surface area contributed by atoms with Crippen molar-refractivity contribution >= 4 is 28.5 Å². The number of halogens is 1. The highest BCUT2D eigenvalue weighted by Gasteiger charge is 2.15. The van der Waals surface area contributed by atoms with E-state index in [9.17, 15) is 14.0 Å². The van der Waals surface area contributed by atoms with Crippen molar-refractivity contribution in [3.8, 4) is 0 Å². The molecule has 2 N–H and O–H groups in total. The van der Waals surface area contributed by atoms with Crippen LogP contribution in [0.3, 0.4) is 0 Å². The van der Waals surface area contributed by atoms with Crippen LogP contribution in [0.5, 0.6) is 0 Å². The zero-order chi connectivity index (χ0) is 18.0. The summed E-state index contributed by atoms with van der Waals surface area (Å²) in [5.41, 5.74) is 2.70. The van der Waals surface area contributed by atoms with Crippen LogP contribution in [-0.2, 0) is 4.74 Å². The van der Waals surface area contributed by atoms with Crippen LogP contribution in [0.15, 0.2) is 42.5 Å². The van der Waals surface area contributed by atoms with E-state index in [1.54, 1.807) is 44.2 Å². The third kappa shape index (κ3) is 3.38. The molecule has 0 saturated heterocycles. The van der Waals surface area contributed by atoms with Crippen molar-refractivity contribution in [2.24, 2.45) is 0 Å². The normalized spacial score (nSPS) is 10.7. The maximum atomic E-state index is 13.4. The summed E-state index contributed by atoms with van der Waals surface area (Å²) in [5, 5.41) is 3.43. The van der Waals surface area contributed by atoms with Crippen molar-refractivity contribution in [3.05, 3.63) is 65.1 Å². The molecular formula is C19H17FN2O3. The van der Waals surface area contributed by atoms with Gasteiger partial charge >= 0.3 is 5.97 Å². The average molecular weight is 340 g/mol. The first-order chi connectivity index (χ1) is 12.0. The quantitative estimate of drug-likeness (QED) is 0.704. The zero-order valence-corrected chi connectivity index (χ0v) is 13.9. The molecule has 3 aromatic rings. The maximum absolute atomic E-state index is 13.4. The zero-order valence-electron chi connectivity index (χ0n) is 13.9. The standard InChI is InChI=1S/C19H17FN2O3/c1-3-25-19(24)12-4-7-14(8-5-12)21-18(23)17-11(2)15-10-13(20)6-9-16(15)22-17/h4-10,22H,3H2,1-2H3,(H,21,23). The number of carbonyl (C=O) groups excluding carboxylic acids is 2. The van der Waals surface area contributed by atoms with Gasteiger partial charge in [0, 0.05) is 16.6 Å². The van der Waals surface area contributed by atoms with Crippen LogP contribution in [0.2, 0.25) is 0 Å². The summed E-state index contributed by atoms with van der Waals surface area (Å²) >= 11 is 0. The molecule has 1 aromatic heterocycles. The number of fused-ring (bicyclic) bond motifs is 1. The van der Waals surface area contributed by atoms with Crippen LogP contribution < -0.4 is 5.32 Å². The Hall–Kier alpha value is -3.15.